The number of hydrogen-bond acceptors (Lipinski definition) is 5. The number of benzene rings is 3. The molecule has 45 heavy (non-hydrogen) atoms. The van der Waals surface area contributed by atoms with Crippen molar-refractivity contribution in [3.63, 3.8) is 0 Å². The number of rotatable bonds is 11. The molecule has 0 aromatic heterocycles. The topological polar surface area (TPSA) is 80.8 Å². The third-order valence-corrected chi connectivity index (χ3v) is 17.1. The fraction of sp³-hybridized carbons (Fsp3) is 0.333. The Kier molecular flexibility index (Phi) is 12.4. The zero-order chi connectivity index (χ0) is 33.5. The van der Waals surface area contributed by atoms with Gasteiger partial charge in [0.1, 0.15) is 14.7 Å². The van der Waals surface area contributed by atoms with Crippen molar-refractivity contribution in [3.8, 4) is 11.5 Å². The molecule has 0 spiro atoms. The van der Waals surface area contributed by atoms with Crippen molar-refractivity contribution in [2.24, 2.45) is 0 Å². The highest BCUT2D eigenvalue weighted by Crippen LogP contribution is 2.41. The van der Waals surface area contributed by atoms with Gasteiger partial charge in [-0.15, -0.1) is 5.54 Å². The highest BCUT2D eigenvalue weighted by atomic mass is 127. The lowest BCUT2D eigenvalue weighted by Crippen LogP contribution is -2.43. The summed E-state index contributed by atoms with van der Waals surface area (Å²) in [5, 5.41) is 0. The van der Waals surface area contributed by atoms with Crippen LogP contribution in [0.15, 0.2) is 89.5 Å². The Bertz CT molecular complexity index is 1700. The quantitative estimate of drug-likeness (QED) is 0.0642. The maximum atomic E-state index is 14.2. The van der Waals surface area contributed by atoms with Gasteiger partial charge >= 0.3 is 5.97 Å². The number of ketones is 1. The van der Waals surface area contributed by atoms with Gasteiger partial charge in [-0.2, -0.15) is 0 Å². The summed E-state index contributed by atoms with van der Waals surface area (Å²) in [5.41, 5.74) is 7.14. The average molecular weight is 756 g/mol. The van der Waals surface area contributed by atoms with Crippen molar-refractivity contribution in [2.75, 3.05) is 10.9 Å². The molecule has 3 aromatic carbocycles. The molecule has 0 saturated carbocycles. The summed E-state index contributed by atoms with van der Waals surface area (Å²) < 4.78 is 36.1. The summed E-state index contributed by atoms with van der Waals surface area (Å²) in [6.45, 7) is 16.3. The summed E-state index contributed by atoms with van der Waals surface area (Å²) in [4.78, 5) is 25.2. The molecule has 0 heterocycles. The lowest BCUT2D eigenvalue weighted by atomic mass is 10.1. The zero-order valence-corrected chi connectivity index (χ0v) is 31.2. The van der Waals surface area contributed by atoms with E-state index in [1.165, 1.54) is 13.1 Å². The maximum Gasteiger partial charge on any atom is 0.339 e. The number of Topliss-reactive ketones (excluding diaryl/α,β-unsaturated/α-hetero) is 1. The van der Waals surface area contributed by atoms with Gasteiger partial charge in [0.25, 0.3) is 10.0 Å². The van der Waals surface area contributed by atoms with E-state index < -0.39 is 24.1 Å². The van der Waals surface area contributed by atoms with E-state index in [0.717, 1.165) is 13.4 Å². The van der Waals surface area contributed by atoms with Crippen LogP contribution in [0.2, 0.25) is 16.6 Å². The van der Waals surface area contributed by atoms with E-state index in [1.807, 2.05) is 19.1 Å². The third-order valence-electron chi connectivity index (χ3n) is 8.14. The Balaban J connectivity index is 2.25. The molecule has 0 unspecified atom stereocenters. The Morgan fingerprint density at radius 3 is 1.96 bits per heavy atom. The summed E-state index contributed by atoms with van der Waals surface area (Å²) >= 11 is 2.09. The van der Waals surface area contributed by atoms with Gasteiger partial charge in [-0.25, -0.2) is 17.5 Å². The lowest BCUT2D eigenvalue weighted by Gasteiger charge is -2.38. The van der Waals surface area contributed by atoms with Crippen LogP contribution >= 0.6 is 22.6 Å². The van der Waals surface area contributed by atoms with Crippen LogP contribution < -0.4 is 4.31 Å². The van der Waals surface area contributed by atoms with Crippen molar-refractivity contribution in [1.82, 2.24) is 0 Å². The third kappa shape index (κ3) is 8.54. The van der Waals surface area contributed by atoms with Crippen molar-refractivity contribution >= 4 is 58.1 Å². The first-order valence-corrected chi connectivity index (χ1v) is 19.7. The molecular formula is C36H42INO5SSi. The number of esters is 1. The Morgan fingerprint density at radius 2 is 1.44 bits per heavy atom. The molecular weight excluding hydrogens is 713 g/mol. The van der Waals surface area contributed by atoms with E-state index in [1.54, 1.807) is 60.7 Å². The van der Waals surface area contributed by atoms with Gasteiger partial charge in [0.15, 0.2) is 5.78 Å². The summed E-state index contributed by atoms with van der Waals surface area (Å²) in [5.74, 6) is 2.67. The largest absolute Gasteiger partial charge is 0.456 e. The predicted octanol–water partition coefficient (Wildman–Crippen LogP) is 8.96. The lowest BCUT2D eigenvalue weighted by molar-refractivity contribution is 0.0542. The predicted molar refractivity (Wildman–Crippen MR) is 194 cm³/mol. The van der Waals surface area contributed by atoms with E-state index in [2.05, 4.69) is 75.6 Å². The second-order valence-electron chi connectivity index (χ2n) is 12.1. The van der Waals surface area contributed by atoms with Crippen LogP contribution in [0.5, 0.6) is 0 Å². The van der Waals surface area contributed by atoms with Crippen molar-refractivity contribution in [2.45, 2.75) is 76.9 Å². The first-order valence-electron chi connectivity index (χ1n) is 15.0. The van der Waals surface area contributed by atoms with E-state index in [4.69, 9.17) is 4.74 Å². The summed E-state index contributed by atoms with van der Waals surface area (Å²) in [6, 6.07) is 20.1. The minimum atomic E-state index is -4.13. The molecule has 3 aromatic rings. The highest BCUT2D eigenvalue weighted by molar-refractivity contribution is 14.1. The number of sulfonamides is 1. The number of ether oxygens (including phenoxy) is 1. The molecule has 0 aliphatic carbocycles. The number of nitrogens with zero attached hydrogens (tertiary/aromatic N) is 1. The molecule has 0 fully saturated rings. The van der Waals surface area contributed by atoms with E-state index in [0.29, 0.717) is 39.0 Å². The molecule has 0 aliphatic heterocycles. The number of aryl methyl sites for hydroxylation is 1. The standard InChI is InChI=1S/C36H42INO5SSi/c1-25(2)45(26(3)4,27(5)6)22-21-30(24-43-36(40)34-11-9-10-12-35(34)37)23-38(32-17-15-31(16-18-32)29(8)39)44(41,42)33-19-13-28(7)14-20-33/h9-20,23,25-27H,24H2,1-8H3/b30-23+. The number of carbonyl (C=O) groups is 2. The first-order chi connectivity index (χ1) is 21.1. The fourth-order valence-corrected chi connectivity index (χ4v) is 12.9. The Morgan fingerprint density at radius 1 is 0.889 bits per heavy atom. The van der Waals surface area contributed by atoms with Crippen LogP contribution in [0.4, 0.5) is 5.69 Å². The molecule has 0 bridgehead atoms. The maximum absolute atomic E-state index is 14.2. The minimum Gasteiger partial charge on any atom is -0.456 e. The van der Waals surface area contributed by atoms with Crippen molar-refractivity contribution in [3.05, 3.63) is 105 Å². The molecule has 0 atom stereocenters. The molecule has 9 heteroatoms. The fourth-order valence-electron chi connectivity index (χ4n) is 5.67. The van der Waals surface area contributed by atoms with Crippen LogP contribution in [0.25, 0.3) is 0 Å². The number of hydrogen-bond donors (Lipinski definition) is 0. The molecule has 0 N–H and O–H groups in total. The molecule has 0 radical (unpaired) electrons. The van der Waals surface area contributed by atoms with Crippen LogP contribution in [-0.4, -0.2) is 34.9 Å². The molecule has 238 valence electrons. The number of anilines is 1. The van der Waals surface area contributed by atoms with E-state index in [-0.39, 0.29) is 17.3 Å². The second-order valence-corrected chi connectivity index (χ2v) is 20.6. The Hall–Kier alpha value is -3.20. The number of carbonyl (C=O) groups excluding carboxylic acids is 2. The van der Waals surface area contributed by atoms with Gasteiger partial charge < -0.3 is 4.74 Å². The molecule has 0 saturated heterocycles. The van der Waals surface area contributed by atoms with Crippen LogP contribution in [-0.2, 0) is 14.8 Å². The van der Waals surface area contributed by atoms with Gasteiger partial charge in [0, 0.05) is 15.3 Å². The van der Waals surface area contributed by atoms with Gasteiger partial charge in [-0.1, -0.05) is 77.3 Å². The van der Waals surface area contributed by atoms with E-state index in [9.17, 15) is 18.0 Å². The molecule has 3 rings (SSSR count). The highest BCUT2D eigenvalue weighted by Gasteiger charge is 2.41. The van der Waals surface area contributed by atoms with Gasteiger partial charge in [0.05, 0.1) is 21.7 Å². The molecule has 0 aliphatic rings. The molecule has 0 amide bonds. The van der Waals surface area contributed by atoms with Gasteiger partial charge in [0.2, 0.25) is 0 Å². The Labute approximate surface area is 283 Å². The van der Waals surface area contributed by atoms with Gasteiger partial charge in [-0.3, -0.25) is 4.79 Å². The van der Waals surface area contributed by atoms with Crippen molar-refractivity contribution in [1.29, 1.82) is 0 Å². The van der Waals surface area contributed by atoms with Gasteiger partial charge in [-0.05, 0) is 102 Å². The van der Waals surface area contributed by atoms with Crippen LogP contribution in [0.1, 0.15) is 74.7 Å². The summed E-state index contributed by atoms with van der Waals surface area (Å²) in [7, 11) is -6.36. The molecule has 6 nitrogen and oxygen atoms in total. The number of halogens is 1. The average Bonchev–Trinajstić information content (AvgIpc) is 2.98. The smallest absolute Gasteiger partial charge is 0.339 e. The summed E-state index contributed by atoms with van der Waals surface area (Å²) in [6.07, 6.45) is 1.45. The zero-order valence-electron chi connectivity index (χ0n) is 27.2. The second kappa shape index (κ2) is 15.4. The minimum absolute atomic E-state index is 0.0957. The monoisotopic (exact) mass is 755 g/mol. The normalized spacial score (nSPS) is 12.2. The first kappa shape index (κ1) is 36.3. The SMILES string of the molecule is CC(=O)c1ccc(N(/C=C(\C#C[Si](C(C)C)(C(C)C)C(C)C)COC(=O)c2ccccc2I)S(=O)(=O)c2ccc(C)cc2)cc1. The van der Waals surface area contributed by atoms with E-state index >= 15 is 0 Å². The van der Waals surface area contributed by atoms with Crippen LogP contribution in [0.3, 0.4) is 0 Å². The van der Waals surface area contributed by atoms with Crippen LogP contribution in [0, 0.1) is 22.0 Å². The van der Waals surface area contributed by atoms with Crippen molar-refractivity contribution < 1.29 is 22.7 Å².